The van der Waals surface area contributed by atoms with Crippen LogP contribution in [0, 0.1) is 6.92 Å². The number of rotatable bonds is 3. The topological polar surface area (TPSA) is 33.1 Å². The van der Waals surface area contributed by atoms with Crippen LogP contribution in [0.4, 0.5) is 0 Å². The Kier molecular flexibility index (Phi) is 4.38. The Balaban J connectivity index is 2.21. The quantitative estimate of drug-likeness (QED) is 0.922. The van der Waals surface area contributed by atoms with Gasteiger partial charge in [-0.15, -0.1) is 0 Å². The number of benzene rings is 1. The maximum Gasteiger partial charge on any atom is 0.101 e. The molecule has 1 N–H and O–H groups in total. The molecule has 2 aromatic rings. The lowest BCUT2D eigenvalue weighted by Crippen LogP contribution is -2.05. The number of pyridine rings is 1. The molecule has 1 aromatic carbocycles. The molecule has 0 aliphatic heterocycles. The molecular formula is C14H13BrClNO. The molecule has 0 aliphatic carbocycles. The highest BCUT2D eigenvalue weighted by atomic mass is 79.9. The molecular weight excluding hydrogens is 314 g/mol. The molecule has 0 fully saturated rings. The highest BCUT2D eigenvalue weighted by molar-refractivity contribution is 9.10. The predicted molar refractivity (Wildman–Crippen MR) is 76.8 cm³/mol. The number of hydrogen-bond donors (Lipinski definition) is 1. The Labute approximate surface area is 120 Å². The zero-order valence-electron chi connectivity index (χ0n) is 9.90. The fraction of sp³-hybridized carbons (Fsp3) is 0.214. The largest absolute Gasteiger partial charge is 0.386 e. The van der Waals surface area contributed by atoms with Gasteiger partial charge in [-0.2, -0.15) is 0 Å². The van der Waals surface area contributed by atoms with E-state index in [1.165, 1.54) is 0 Å². The summed E-state index contributed by atoms with van der Waals surface area (Å²) in [5.41, 5.74) is 2.67. The Morgan fingerprint density at radius 3 is 2.83 bits per heavy atom. The van der Waals surface area contributed by atoms with E-state index in [9.17, 15) is 5.11 Å². The Morgan fingerprint density at radius 1 is 1.39 bits per heavy atom. The van der Waals surface area contributed by atoms with Crippen molar-refractivity contribution >= 4 is 27.5 Å². The van der Waals surface area contributed by atoms with Crippen molar-refractivity contribution in [3.8, 4) is 0 Å². The lowest BCUT2D eigenvalue weighted by molar-refractivity contribution is 0.173. The lowest BCUT2D eigenvalue weighted by atomic mass is 10.0. The molecule has 18 heavy (non-hydrogen) atoms. The van der Waals surface area contributed by atoms with Crippen LogP contribution in [0.3, 0.4) is 0 Å². The molecule has 0 bridgehead atoms. The van der Waals surface area contributed by atoms with Crippen LogP contribution in [0.25, 0.3) is 0 Å². The summed E-state index contributed by atoms with van der Waals surface area (Å²) in [5.74, 6) is 0. The van der Waals surface area contributed by atoms with Gasteiger partial charge in [0.2, 0.25) is 0 Å². The molecule has 0 aliphatic rings. The molecule has 0 radical (unpaired) electrons. The summed E-state index contributed by atoms with van der Waals surface area (Å²) in [5, 5.41) is 10.9. The average Bonchev–Trinajstić information content (AvgIpc) is 2.33. The van der Waals surface area contributed by atoms with Gasteiger partial charge in [-0.05, 0) is 52.2 Å². The van der Waals surface area contributed by atoms with Gasteiger partial charge in [0, 0.05) is 22.1 Å². The van der Waals surface area contributed by atoms with Crippen molar-refractivity contribution in [3.05, 3.63) is 62.8 Å². The van der Waals surface area contributed by atoms with Crippen molar-refractivity contribution in [2.75, 3.05) is 0 Å². The molecule has 0 spiro atoms. The standard InChI is InChI=1S/C14H13BrClNO/c1-9-4-5-10(12(16)7-9)8-13(18)14-11(15)3-2-6-17-14/h2-7,13,18H,8H2,1H3. The number of aliphatic hydroxyl groups is 1. The van der Waals surface area contributed by atoms with Crippen molar-refractivity contribution in [2.45, 2.75) is 19.4 Å². The SMILES string of the molecule is Cc1ccc(CC(O)c2ncccc2Br)c(Cl)c1. The molecule has 2 rings (SSSR count). The molecule has 1 heterocycles. The van der Waals surface area contributed by atoms with Crippen LogP contribution in [0.1, 0.15) is 22.9 Å². The fourth-order valence-electron chi connectivity index (χ4n) is 1.77. The molecule has 0 saturated carbocycles. The number of nitrogens with zero attached hydrogens (tertiary/aromatic N) is 1. The van der Waals surface area contributed by atoms with E-state index < -0.39 is 6.10 Å². The number of hydrogen-bond acceptors (Lipinski definition) is 2. The minimum atomic E-state index is -0.666. The van der Waals surface area contributed by atoms with Gasteiger partial charge in [0.25, 0.3) is 0 Å². The zero-order chi connectivity index (χ0) is 13.1. The summed E-state index contributed by atoms with van der Waals surface area (Å²) in [7, 11) is 0. The van der Waals surface area contributed by atoms with Crippen LogP contribution >= 0.6 is 27.5 Å². The summed E-state index contributed by atoms with van der Waals surface area (Å²) < 4.78 is 0.806. The van der Waals surface area contributed by atoms with Gasteiger partial charge >= 0.3 is 0 Å². The average molecular weight is 327 g/mol. The number of aryl methyl sites for hydroxylation is 1. The Bertz CT molecular complexity index is 559. The summed E-state index contributed by atoms with van der Waals surface area (Å²) in [6.07, 6.45) is 1.45. The van der Waals surface area contributed by atoms with Crippen LogP contribution in [0.5, 0.6) is 0 Å². The van der Waals surface area contributed by atoms with E-state index in [2.05, 4.69) is 20.9 Å². The van der Waals surface area contributed by atoms with Gasteiger partial charge in [0.15, 0.2) is 0 Å². The fourth-order valence-corrected chi connectivity index (χ4v) is 2.60. The van der Waals surface area contributed by atoms with E-state index in [1.807, 2.05) is 37.3 Å². The van der Waals surface area contributed by atoms with E-state index in [-0.39, 0.29) is 0 Å². The molecule has 0 saturated heterocycles. The maximum absolute atomic E-state index is 10.2. The summed E-state index contributed by atoms with van der Waals surface area (Å²) in [6, 6.07) is 9.51. The second-order valence-corrected chi connectivity index (χ2v) is 5.45. The second kappa shape index (κ2) is 5.83. The third kappa shape index (κ3) is 3.10. The maximum atomic E-state index is 10.2. The Hall–Kier alpha value is -0.900. The van der Waals surface area contributed by atoms with Gasteiger partial charge in [-0.3, -0.25) is 4.98 Å². The lowest BCUT2D eigenvalue weighted by Gasteiger charge is -2.13. The normalized spacial score (nSPS) is 12.4. The van der Waals surface area contributed by atoms with Crippen LogP contribution in [0.15, 0.2) is 41.0 Å². The van der Waals surface area contributed by atoms with Gasteiger partial charge in [-0.1, -0.05) is 23.7 Å². The van der Waals surface area contributed by atoms with Crippen molar-refractivity contribution in [1.29, 1.82) is 0 Å². The number of aliphatic hydroxyl groups excluding tert-OH is 1. The smallest absolute Gasteiger partial charge is 0.101 e. The van der Waals surface area contributed by atoms with Gasteiger partial charge < -0.3 is 5.11 Å². The number of halogens is 2. The minimum absolute atomic E-state index is 0.453. The van der Waals surface area contributed by atoms with E-state index in [0.29, 0.717) is 17.1 Å². The summed E-state index contributed by atoms with van der Waals surface area (Å²) >= 11 is 9.54. The van der Waals surface area contributed by atoms with Crippen LogP contribution in [-0.2, 0) is 6.42 Å². The summed E-state index contributed by atoms with van der Waals surface area (Å²) in [6.45, 7) is 1.99. The summed E-state index contributed by atoms with van der Waals surface area (Å²) in [4.78, 5) is 4.18. The first-order chi connectivity index (χ1) is 8.58. The third-order valence-corrected chi connectivity index (χ3v) is 3.75. The minimum Gasteiger partial charge on any atom is -0.386 e. The molecule has 1 unspecified atom stereocenters. The zero-order valence-corrected chi connectivity index (χ0v) is 12.2. The van der Waals surface area contributed by atoms with Gasteiger partial charge in [0.1, 0.15) is 6.10 Å². The van der Waals surface area contributed by atoms with Crippen LogP contribution in [-0.4, -0.2) is 10.1 Å². The molecule has 94 valence electrons. The predicted octanol–water partition coefficient (Wildman–Crippen LogP) is 4.08. The Morgan fingerprint density at radius 2 is 2.17 bits per heavy atom. The van der Waals surface area contributed by atoms with Crippen molar-refractivity contribution in [3.63, 3.8) is 0 Å². The van der Waals surface area contributed by atoms with E-state index >= 15 is 0 Å². The van der Waals surface area contributed by atoms with Crippen molar-refractivity contribution in [2.24, 2.45) is 0 Å². The van der Waals surface area contributed by atoms with E-state index in [0.717, 1.165) is 15.6 Å². The van der Waals surface area contributed by atoms with Crippen molar-refractivity contribution in [1.82, 2.24) is 4.98 Å². The van der Waals surface area contributed by atoms with E-state index in [1.54, 1.807) is 6.20 Å². The first kappa shape index (κ1) is 13.5. The van der Waals surface area contributed by atoms with Crippen LogP contribution < -0.4 is 0 Å². The highest BCUT2D eigenvalue weighted by Crippen LogP contribution is 2.27. The molecule has 0 amide bonds. The third-order valence-electron chi connectivity index (χ3n) is 2.72. The first-order valence-corrected chi connectivity index (χ1v) is 6.78. The van der Waals surface area contributed by atoms with E-state index in [4.69, 9.17) is 11.6 Å². The van der Waals surface area contributed by atoms with Crippen LogP contribution in [0.2, 0.25) is 5.02 Å². The molecule has 1 atom stereocenters. The van der Waals surface area contributed by atoms with Crippen molar-refractivity contribution < 1.29 is 5.11 Å². The molecule has 2 nitrogen and oxygen atoms in total. The second-order valence-electron chi connectivity index (χ2n) is 4.19. The molecule has 1 aromatic heterocycles. The molecule has 4 heteroatoms. The highest BCUT2D eigenvalue weighted by Gasteiger charge is 2.14. The van der Waals surface area contributed by atoms with Gasteiger partial charge in [0.05, 0.1) is 5.69 Å². The number of aromatic nitrogens is 1. The van der Waals surface area contributed by atoms with Gasteiger partial charge in [-0.25, -0.2) is 0 Å². The first-order valence-electron chi connectivity index (χ1n) is 5.61. The monoisotopic (exact) mass is 325 g/mol.